The number of methoxy groups -OCH3 is 1. The smallest absolute Gasteiger partial charge is 0.322 e. The summed E-state index contributed by atoms with van der Waals surface area (Å²) in [6.45, 7) is 2.27. The fraction of sp³-hybridized carbons (Fsp3) is 0.833. The third-order valence-corrected chi connectivity index (χ3v) is 2.56. The van der Waals surface area contributed by atoms with Gasteiger partial charge >= 0.3 is 11.9 Å². The molecule has 0 spiro atoms. The van der Waals surface area contributed by atoms with Crippen LogP contribution in [-0.4, -0.2) is 37.7 Å². The molecule has 0 aromatic carbocycles. The molecule has 6 nitrogen and oxygen atoms in total. The lowest BCUT2D eigenvalue weighted by Gasteiger charge is -2.11. The van der Waals surface area contributed by atoms with E-state index < -0.39 is 18.1 Å². The van der Waals surface area contributed by atoms with Gasteiger partial charge in [-0.15, -0.1) is 0 Å². The fourth-order valence-electron chi connectivity index (χ4n) is 1.44. The molecule has 2 atom stereocenters. The predicted molar refractivity (Wildman–Crippen MR) is 67.7 cm³/mol. The Bertz CT molecular complexity index is 258. The number of unbranched alkanes of at least 4 members (excludes halogenated alkanes) is 1. The molecule has 0 radical (unpaired) electrons. The Hall–Kier alpha value is -1.14. The van der Waals surface area contributed by atoms with Gasteiger partial charge in [-0.2, -0.15) is 0 Å². The topological polar surface area (TPSA) is 105 Å². The molecule has 0 saturated carbocycles. The van der Waals surface area contributed by atoms with E-state index >= 15 is 0 Å². The highest BCUT2D eigenvalue weighted by molar-refractivity contribution is 5.75. The first-order chi connectivity index (χ1) is 8.52. The lowest BCUT2D eigenvalue weighted by Crippen LogP contribution is -2.32. The highest BCUT2D eigenvalue weighted by atomic mass is 16.5. The first kappa shape index (κ1) is 16.9. The number of hydrogen-bond acceptors (Lipinski definition) is 6. The summed E-state index contributed by atoms with van der Waals surface area (Å²) in [6, 6.07) is -1.14. The van der Waals surface area contributed by atoms with Crippen molar-refractivity contribution in [2.45, 2.75) is 51.1 Å². The van der Waals surface area contributed by atoms with Crippen LogP contribution in [-0.2, 0) is 19.1 Å². The van der Waals surface area contributed by atoms with Crippen LogP contribution in [0.2, 0.25) is 0 Å². The maximum absolute atomic E-state index is 11.3. The Morgan fingerprint density at radius 2 is 1.67 bits per heavy atom. The lowest BCUT2D eigenvalue weighted by atomic mass is 10.1. The molecular formula is C12H24N2O4. The number of carbonyl (C=O) groups is 2. The van der Waals surface area contributed by atoms with Crippen molar-refractivity contribution in [1.82, 2.24) is 0 Å². The van der Waals surface area contributed by atoms with Crippen LogP contribution in [0.25, 0.3) is 0 Å². The van der Waals surface area contributed by atoms with Gasteiger partial charge in [-0.1, -0.05) is 13.3 Å². The molecule has 6 heteroatoms. The minimum absolute atomic E-state index is 0.310. The molecule has 0 amide bonds. The van der Waals surface area contributed by atoms with Crippen molar-refractivity contribution in [3.8, 4) is 0 Å². The van der Waals surface area contributed by atoms with Crippen molar-refractivity contribution >= 4 is 11.9 Å². The van der Waals surface area contributed by atoms with Crippen LogP contribution in [0.3, 0.4) is 0 Å². The van der Waals surface area contributed by atoms with Gasteiger partial charge in [0.2, 0.25) is 0 Å². The molecule has 0 saturated heterocycles. The molecule has 4 N–H and O–H groups in total. The Morgan fingerprint density at radius 3 is 2.22 bits per heavy atom. The summed E-state index contributed by atoms with van der Waals surface area (Å²) >= 11 is 0. The molecule has 0 aromatic rings. The average Bonchev–Trinajstić information content (AvgIpc) is 2.37. The minimum atomic E-state index is -0.604. The summed E-state index contributed by atoms with van der Waals surface area (Å²) < 4.78 is 9.50. The molecule has 0 aliphatic heterocycles. The standard InChI is InChI=1S/C12H24N2O4/c1-3-6-9(13)12(16)18-8-5-4-7-10(14)11(15)17-2/h9-10H,3-8,13-14H2,1-2H3. The average molecular weight is 260 g/mol. The van der Waals surface area contributed by atoms with Crippen LogP contribution in [0.15, 0.2) is 0 Å². The number of rotatable bonds is 9. The first-order valence-electron chi connectivity index (χ1n) is 6.28. The Morgan fingerprint density at radius 1 is 1.06 bits per heavy atom. The van der Waals surface area contributed by atoms with Crippen LogP contribution < -0.4 is 11.5 Å². The second-order valence-electron chi connectivity index (χ2n) is 4.19. The molecule has 106 valence electrons. The molecule has 0 fully saturated rings. The van der Waals surface area contributed by atoms with E-state index in [0.717, 1.165) is 6.42 Å². The summed E-state index contributed by atoms with van der Waals surface area (Å²) in [5.41, 5.74) is 11.1. The van der Waals surface area contributed by atoms with Crippen LogP contribution in [0.4, 0.5) is 0 Å². The zero-order chi connectivity index (χ0) is 14.0. The van der Waals surface area contributed by atoms with Crippen molar-refractivity contribution in [1.29, 1.82) is 0 Å². The van der Waals surface area contributed by atoms with E-state index in [2.05, 4.69) is 4.74 Å². The van der Waals surface area contributed by atoms with Crippen LogP contribution >= 0.6 is 0 Å². The van der Waals surface area contributed by atoms with E-state index in [1.807, 2.05) is 6.92 Å². The van der Waals surface area contributed by atoms with E-state index in [1.165, 1.54) is 7.11 Å². The van der Waals surface area contributed by atoms with Crippen molar-refractivity contribution in [2.24, 2.45) is 11.5 Å². The van der Waals surface area contributed by atoms with Gasteiger partial charge in [0, 0.05) is 0 Å². The maximum Gasteiger partial charge on any atom is 0.322 e. The van der Waals surface area contributed by atoms with Gasteiger partial charge in [-0.3, -0.25) is 9.59 Å². The number of carbonyl (C=O) groups excluding carboxylic acids is 2. The van der Waals surface area contributed by atoms with E-state index in [1.54, 1.807) is 0 Å². The number of nitrogens with two attached hydrogens (primary N) is 2. The molecule has 0 heterocycles. The Balaban J connectivity index is 3.56. The normalized spacial score (nSPS) is 13.8. The van der Waals surface area contributed by atoms with Gasteiger partial charge in [0.05, 0.1) is 13.7 Å². The summed E-state index contributed by atoms with van der Waals surface area (Å²) in [6.07, 6.45) is 3.36. The second-order valence-corrected chi connectivity index (χ2v) is 4.19. The lowest BCUT2D eigenvalue weighted by molar-refractivity contribution is -0.146. The SMILES string of the molecule is CCCC(N)C(=O)OCCCCC(N)C(=O)OC. The number of esters is 2. The van der Waals surface area contributed by atoms with Gasteiger partial charge < -0.3 is 20.9 Å². The van der Waals surface area contributed by atoms with E-state index in [4.69, 9.17) is 16.2 Å². The molecule has 0 rings (SSSR count). The van der Waals surface area contributed by atoms with Crippen LogP contribution in [0.5, 0.6) is 0 Å². The van der Waals surface area contributed by atoms with Crippen LogP contribution in [0.1, 0.15) is 39.0 Å². The highest BCUT2D eigenvalue weighted by Crippen LogP contribution is 2.02. The van der Waals surface area contributed by atoms with E-state index in [0.29, 0.717) is 32.3 Å². The second kappa shape index (κ2) is 9.85. The van der Waals surface area contributed by atoms with Gasteiger partial charge in [-0.25, -0.2) is 0 Å². The molecule has 2 unspecified atom stereocenters. The molecular weight excluding hydrogens is 236 g/mol. The first-order valence-corrected chi connectivity index (χ1v) is 6.28. The maximum atomic E-state index is 11.3. The Kier molecular flexibility index (Phi) is 9.22. The summed E-state index contributed by atoms with van der Waals surface area (Å²) in [4.78, 5) is 22.3. The van der Waals surface area contributed by atoms with Gasteiger partial charge in [0.1, 0.15) is 12.1 Å². The van der Waals surface area contributed by atoms with Gasteiger partial charge in [0.15, 0.2) is 0 Å². The fourth-order valence-corrected chi connectivity index (χ4v) is 1.44. The van der Waals surface area contributed by atoms with Crippen molar-refractivity contribution in [3.63, 3.8) is 0 Å². The number of ether oxygens (including phenoxy) is 2. The zero-order valence-corrected chi connectivity index (χ0v) is 11.2. The van der Waals surface area contributed by atoms with E-state index in [9.17, 15) is 9.59 Å². The molecule has 0 aliphatic carbocycles. The van der Waals surface area contributed by atoms with Crippen molar-refractivity contribution in [2.75, 3.05) is 13.7 Å². The molecule has 0 aromatic heterocycles. The summed E-state index contributed by atoms with van der Waals surface area (Å²) in [7, 11) is 1.30. The minimum Gasteiger partial charge on any atom is -0.468 e. The number of hydrogen-bond donors (Lipinski definition) is 2. The molecule has 0 bridgehead atoms. The van der Waals surface area contributed by atoms with Gasteiger partial charge in [0.25, 0.3) is 0 Å². The van der Waals surface area contributed by atoms with Gasteiger partial charge in [-0.05, 0) is 25.7 Å². The quantitative estimate of drug-likeness (QED) is 0.457. The third-order valence-electron chi connectivity index (χ3n) is 2.56. The zero-order valence-electron chi connectivity index (χ0n) is 11.2. The van der Waals surface area contributed by atoms with E-state index in [-0.39, 0.29) is 5.97 Å². The monoisotopic (exact) mass is 260 g/mol. The molecule has 18 heavy (non-hydrogen) atoms. The third kappa shape index (κ3) is 7.24. The summed E-state index contributed by atoms with van der Waals surface area (Å²) in [5, 5.41) is 0. The van der Waals surface area contributed by atoms with Crippen molar-refractivity contribution < 1.29 is 19.1 Å². The Labute approximate surface area is 108 Å². The molecule has 0 aliphatic rings. The highest BCUT2D eigenvalue weighted by Gasteiger charge is 2.14. The van der Waals surface area contributed by atoms with Crippen molar-refractivity contribution in [3.05, 3.63) is 0 Å². The van der Waals surface area contributed by atoms with Crippen LogP contribution in [0, 0.1) is 0 Å². The predicted octanol–water partition coefficient (Wildman–Crippen LogP) is 0.328. The summed E-state index contributed by atoms with van der Waals surface area (Å²) in [5.74, 6) is -0.786. The largest absolute Gasteiger partial charge is 0.468 e.